The van der Waals surface area contributed by atoms with E-state index in [1.165, 1.54) is 7.11 Å². The van der Waals surface area contributed by atoms with E-state index in [1.54, 1.807) is 22.8 Å². The summed E-state index contributed by atoms with van der Waals surface area (Å²) in [5.74, 6) is 0.0935. The van der Waals surface area contributed by atoms with Gasteiger partial charge in [-0.3, -0.25) is 4.79 Å². The van der Waals surface area contributed by atoms with Crippen molar-refractivity contribution in [2.75, 3.05) is 38.3 Å². The van der Waals surface area contributed by atoms with Crippen LogP contribution in [0.4, 0.5) is 5.95 Å². The Morgan fingerprint density at radius 2 is 1.83 bits per heavy atom. The number of anilines is 1. The van der Waals surface area contributed by atoms with Gasteiger partial charge in [0.05, 0.1) is 42.5 Å². The van der Waals surface area contributed by atoms with E-state index < -0.39 is 5.97 Å². The maximum atomic E-state index is 13.5. The molecule has 3 aromatic rings. The number of aryl methyl sites for hydroxylation is 2. The highest BCUT2D eigenvalue weighted by molar-refractivity contribution is 5.94. The molecule has 0 saturated carbocycles. The van der Waals surface area contributed by atoms with Gasteiger partial charge in [0.1, 0.15) is 0 Å². The van der Waals surface area contributed by atoms with Crippen LogP contribution in [0, 0.1) is 13.8 Å². The van der Waals surface area contributed by atoms with E-state index in [0.717, 1.165) is 16.8 Å². The third kappa shape index (κ3) is 3.49. The first-order chi connectivity index (χ1) is 14.0. The van der Waals surface area contributed by atoms with Crippen molar-refractivity contribution in [3.63, 3.8) is 0 Å². The molecule has 1 aliphatic heterocycles. The third-order valence-electron chi connectivity index (χ3n) is 5.32. The van der Waals surface area contributed by atoms with Crippen LogP contribution in [0.1, 0.15) is 21.5 Å². The second-order valence-corrected chi connectivity index (χ2v) is 7.14. The molecule has 7 nitrogen and oxygen atoms in total. The molecule has 1 fully saturated rings. The van der Waals surface area contributed by atoms with Gasteiger partial charge in [0.2, 0.25) is 5.95 Å². The second kappa shape index (κ2) is 7.67. The minimum atomic E-state index is -0.458. The molecule has 0 unspecified atom stereocenters. The summed E-state index contributed by atoms with van der Waals surface area (Å²) in [6, 6.07) is 10.8. The van der Waals surface area contributed by atoms with E-state index in [0.29, 0.717) is 48.7 Å². The van der Waals surface area contributed by atoms with Gasteiger partial charge >= 0.3 is 5.97 Å². The molecule has 150 valence electrons. The van der Waals surface area contributed by atoms with Crippen LogP contribution in [-0.2, 0) is 9.47 Å². The lowest BCUT2D eigenvalue weighted by atomic mass is 10.1. The molecule has 4 rings (SSSR count). The Labute approximate surface area is 168 Å². The number of morpholine rings is 1. The summed E-state index contributed by atoms with van der Waals surface area (Å²) in [4.78, 5) is 32.3. The molecule has 1 aromatic heterocycles. The van der Waals surface area contributed by atoms with Crippen LogP contribution in [0.3, 0.4) is 0 Å². The van der Waals surface area contributed by atoms with Crippen molar-refractivity contribution >= 4 is 22.8 Å². The predicted molar refractivity (Wildman–Crippen MR) is 111 cm³/mol. The van der Waals surface area contributed by atoms with Gasteiger partial charge in [-0.2, -0.15) is 0 Å². The van der Waals surface area contributed by atoms with Gasteiger partial charge in [-0.25, -0.2) is 14.3 Å². The van der Waals surface area contributed by atoms with E-state index >= 15 is 0 Å². The van der Waals surface area contributed by atoms with Crippen molar-refractivity contribution in [1.29, 1.82) is 0 Å². The Balaban J connectivity index is 1.98. The van der Waals surface area contributed by atoms with Gasteiger partial charge in [0.25, 0.3) is 5.56 Å². The quantitative estimate of drug-likeness (QED) is 0.637. The zero-order valence-corrected chi connectivity index (χ0v) is 16.8. The maximum Gasteiger partial charge on any atom is 0.337 e. The van der Waals surface area contributed by atoms with Crippen molar-refractivity contribution in [1.82, 2.24) is 9.55 Å². The molecule has 0 spiro atoms. The number of methoxy groups -OCH3 is 1. The number of nitrogens with zero attached hydrogens (tertiary/aromatic N) is 3. The van der Waals surface area contributed by atoms with E-state index in [-0.39, 0.29) is 5.56 Å². The number of fused-ring (bicyclic) bond motifs is 1. The lowest BCUT2D eigenvalue weighted by Gasteiger charge is -2.30. The Morgan fingerprint density at radius 3 is 2.52 bits per heavy atom. The first kappa shape index (κ1) is 19.1. The van der Waals surface area contributed by atoms with E-state index in [2.05, 4.69) is 0 Å². The van der Waals surface area contributed by atoms with Gasteiger partial charge in [-0.1, -0.05) is 6.07 Å². The fourth-order valence-corrected chi connectivity index (χ4v) is 3.49. The van der Waals surface area contributed by atoms with Crippen molar-refractivity contribution < 1.29 is 14.3 Å². The van der Waals surface area contributed by atoms with Gasteiger partial charge < -0.3 is 14.4 Å². The van der Waals surface area contributed by atoms with Crippen LogP contribution in [-0.4, -0.2) is 48.9 Å². The number of hydrogen-bond acceptors (Lipinski definition) is 6. The summed E-state index contributed by atoms with van der Waals surface area (Å²) >= 11 is 0. The first-order valence-corrected chi connectivity index (χ1v) is 9.55. The van der Waals surface area contributed by atoms with Crippen LogP contribution >= 0.6 is 0 Å². The minimum Gasteiger partial charge on any atom is -0.465 e. The Bertz CT molecular complexity index is 1150. The number of hydrogen-bond donors (Lipinski definition) is 0. The molecule has 2 aromatic carbocycles. The number of aromatic nitrogens is 2. The number of benzene rings is 2. The molecule has 0 bridgehead atoms. The predicted octanol–water partition coefficient (Wildman–Crippen LogP) is 2.63. The van der Waals surface area contributed by atoms with Gasteiger partial charge in [0, 0.05) is 13.1 Å². The third-order valence-corrected chi connectivity index (χ3v) is 5.32. The highest BCUT2D eigenvalue weighted by Crippen LogP contribution is 2.23. The molecule has 29 heavy (non-hydrogen) atoms. The fourth-order valence-electron chi connectivity index (χ4n) is 3.49. The maximum absolute atomic E-state index is 13.5. The molecule has 0 N–H and O–H groups in total. The number of esters is 1. The summed E-state index contributed by atoms with van der Waals surface area (Å²) in [5, 5.41) is 0.452. The molecular weight excluding hydrogens is 370 g/mol. The van der Waals surface area contributed by atoms with E-state index in [4.69, 9.17) is 14.5 Å². The molecular formula is C22H23N3O4. The Kier molecular flexibility index (Phi) is 5.07. The number of ether oxygens (including phenoxy) is 2. The number of rotatable bonds is 3. The highest BCUT2D eigenvalue weighted by atomic mass is 16.5. The number of carbonyl (C=O) groups excluding carboxylic acids is 1. The van der Waals surface area contributed by atoms with Crippen molar-refractivity contribution in [3.8, 4) is 5.69 Å². The normalized spacial score (nSPS) is 14.2. The molecule has 0 radical (unpaired) electrons. The fraction of sp³-hybridized carbons (Fsp3) is 0.318. The summed E-state index contributed by atoms with van der Waals surface area (Å²) in [6.45, 7) is 6.48. The highest BCUT2D eigenvalue weighted by Gasteiger charge is 2.21. The lowest BCUT2D eigenvalue weighted by Crippen LogP contribution is -2.40. The smallest absolute Gasteiger partial charge is 0.337 e. The van der Waals surface area contributed by atoms with Crippen LogP contribution < -0.4 is 10.5 Å². The topological polar surface area (TPSA) is 73.7 Å². The van der Waals surface area contributed by atoms with Crippen LogP contribution in [0.2, 0.25) is 0 Å². The molecule has 0 atom stereocenters. The minimum absolute atomic E-state index is 0.170. The van der Waals surface area contributed by atoms with Crippen LogP contribution in [0.15, 0.2) is 41.2 Å². The van der Waals surface area contributed by atoms with Gasteiger partial charge in [-0.15, -0.1) is 0 Å². The van der Waals surface area contributed by atoms with Crippen molar-refractivity contribution in [2.45, 2.75) is 13.8 Å². The summed E-state index contributed by atoms with van der Waals surface area (Å²) < 4.78 is 11.9. The van der Waals surface area contributed by atoms with Crippen LogP contribution in [0.5, 0.6) is 0 Å². The van der Waals surface area contributed by atoms with Crippen molar-refractivity contribution in [2.24, 2.45) is 0 Å². The Morgan fingerprint density at radius 1 is 1.07 bits per heavy atom. The zero-order valence-electron chi connectivity index (χ0n) is 16.8. The molecule has 2 heterocycles. The molecule has 0 aliphatic carbocycles. The van der Waals surface area contributed by atoms with Crippen LogP contribution in [0.25, 0.3) is 16.6 Å². The van der Waals surface area contributed by atoms with Gasteiger partial charge in [0.15, 0.2) is 0 Å². The largest absolute Gasteiger partial charge is 0.465 e. The molecule has 0 amide bonds. The van der Waals surface area contributed by atoms with E-state index in [1.807, 2.05) is 36.9 Å². The SMILES string of the molecule is COC(=O)c1ccc2c(=O)n(-c3ccc(C)c(C)c3)c(N3CCOCC3)nc2c1. The monoisotopic (exact) mass is 393 g/mol. The summed E-state index contributed by atoms with van der Waals surface area (Å²) in [6.07, 6.45) is 0. The standard InChI is InChI=1S/C22H23N3O4/c1-14-4-6-17(12-15(14)2)25-20(26)18-7-5-16(21(27)28-3)13-19(18)23-22(25)24-8-10-29-11-9-24/h4-7,12-13H,8-11H2,1-3H3. The Hall–Kier alpha value is -3.19. The second-order valence-electron chi connectivity index (χ2n) is 7.14. The molecule has 7 heteroatoms. The average molecular weight is 393 g/mol. The zero-order chi connectivity index (χ0) is 20.5. The summed E-state index contributed by atoms with van der Waals surface area (Å²) in [5.41, 5.74) is 3.69. The first-order valence-electron chi connectivity index (χ1n) is 9.55. The molecule has 1 aliphatic rings. The van der Waals surface area contributed by atoms with Gasteiger partial charge in [-0.05, 0) is 55.3 Å². The van der Waals surface area contributed by atoms with E-state index in [9.17, 15) is 9.59 Å². The lowest BCUT2D eigenvalue weighted by molar-refractivity contribution is 0.0601. The van der Waals surface area contributed by atoms with Crippen molar-refractivity contribution in [3.05, 3.63) is 63.4 Å². The average Bonchev–Trinajstić information content (AvgIpc) is 2.75. The number of carbonyl (C=O) groups is 1. The molecule has 1 saturated heterocycles. The summed E-state index contributed by atoms with van der Waals surface area (Å²) in [7, 11) is 1.33.